The van der Waals surface area contributed by atoms with Crippen molar-refractivity contribution in [3.05, 3.63) is 94.4 Å². The molecule has 6 nitrogen and oxygen atoms in total. The Bertz CT molecular complexity index is 1380. The van der Waals surface area contributed by atoms with Crippen LogP contribution in [0.5, 0.6) is 11.5 Å². The number of anilines is 1. The fourth-order valence-corrected chi connectivity index (χ4v) is 4.84. The van der Waals surface area contributed by atoms with E-state index in [1.807, 2.05) is 59.5 Å². The number of thiocarbonyl (C=S) groups is 1. The maximum atomic E-state index is 6.39. The van der Waals surface area contributed by atoms with Crippen LogP contribution in [-0.2, 0) is 0 Å². The van der Waals surface area contributed by atoms with Crippen molar-refractivity contribution in [2.75, 3.05) is 19.1 Å². The number of hydrogen-bond acceptors (Lipinski definition) is 5. The molecule has 178 valence electrons. The van der Waals surface area contributed by atoms with E-state index in [0.717, 1.165) is 16.9 Å². The summed E-state index contributed by atoms with van der Waals surface area (Å²) in [6, 6.07) is 20.0. The average molecular weight is 526 g/mol. The molecule has 5 rings (SSSR count). The Morgan fingerprint density at radius 2 is 1.83 bits per heavy atom. The Labute approximate surface area is 218 Å². The summed E-state index contributed by atoms with van der Waals surface area (Å²) in [5.41, 5.74) is 2.40. The molecule has 2 aromatic carbocycles. The van der Waals surface area contributed by atoms with E-state index < -0.39 is 0 Å². The monoisotopic (exact) mass is 525 g/mol. The van der Waals surface area contributed by atoms with E-state index in [1.165, 1.54) is 0 Å². The molecular weight excluding hydrogens is 505 g/mol. The first-order valence-electron chi connectivity index (χ1n) is 10.8. The highest BCUT2D eigenvalue weighted by molar-refractivity contribution is 7.80. The van der Waals surface area contributed by atoms with Crippen molar-refractivity contribution in [1.29, 1.82) is 0 Å². The van der Waals surface area contributed by atoms with Gasteiger partial charge >= 0.3 is 0 Å². The normalized spacial score (nSPS) is 17.4. The van der Waals surface area contributed by atoms with Crippen LogP contribution >= 0.6 is 35.4 Å². The number of methoxy groups -OCH3 is 2. The van der Waals surface area contributed by atoms with Gasteiger partial charge in [-0.3, -0.25) is 4.98 Å². The zero-order chi connectivity index (χ0) is 24.5. The highest BCUT2D eigenvalue weighted by Crippen LogP contribution is 2.46. The second-order valence-corrected chi connectivity index (χ2v) is 9.07. The number of nitrogens with zero attached hydrogens (tertiary/aromatic N) is 2. The van der Waals surface area contributed by atoms with Crippen LogP contribution in [0.25, 0.3) is 11.3 Å². The average Bonchev–Trinajstić information content (AvgIpc) is 3.50. The lowest BCUT2D eigenvalue weighted by atomic mass is 10.0. The van der Waals surface area contributed by atoms with Crippen LogP contribution in [0.1, 0.15) is 23.5 Å². The van der Waals surface area contributed by atoms with Gasteiger partial charge in [-0.25, -0.2) is 0 Å². The first-order valence-corrected chi connectivity index (χ1v) is 11.9. The minimum atomic E-state index is -0.352. The molecule has 0 unspecified atom stereocenters. The predicted molar refractivity (Wildman–Crippen MR) is 142 cm³/mol. The van der Waals surface area contributed by atoms with E-state index in [1.54, 1.807) is 32.5 Å². The van der Waals surface area contributed by atoms with Gasteiger partial charge in [0.2, 0.25) is 0 Å². The SMILES string of the molecule is COc1ccc(OC)c(N2C(=S)N[C@@H](c3ccccn3)[C@@H]2c2ccc(-c3ccc(Cl)c(Cl)c3)o2)c1. The van der Waals surface area contributed by atoms with Crippen molar-refractivity contribution in [1.82, 2.24) is 10.3 Å². The zero-order valence-electron chi connectivity index (χ0n) is 18.9. The summed E-state index contributed by atoms with van der Waals surface area (Å²) < 4.78 is 17.5. The summed E-state index contributed by atoms with van der Waals surface area (Å²) in [5, 5.41) is 4.88. The molecule has 2 aromatic heterocycles. The molecule has 1 aliphatic rings. The molecule has 3 heterocycles. The molecule has 0 amide bonds. The minimum absolute atomic E-state index is 0.271. The van der Waals surface area contributed by atoms with Gasteiger partial charge in [-0.2, -0.15) is 0 Å². The lowest BCUT2D eigenvalue weighted by molar-refractivity contribution is 0.400. The Morgan fingerprint density at radius 3 is 2.54 bits per heavy atom. The quantitative estimate of drug-likeness (QED) is 0.276. The summed E-state index contributed by atoms with van der Waals surface area (Å²) in [5.74, 6) is 2.69. The number of pyridine rings is 1. The van der Waals surface area contributed by atoms with Gasteiger partial charge in [0.15, 0.2) is 5.11 Å². The molecule has 9 heteroatoms. The smallest absolute Gasteiger partial charge is 0.174 e. The van der Waals surface area contributed by atoms with E-state index in [-0.39, 0.29) is 12.1 Å². The van der Waals surface area contributed by atoms with Gasteiger partial charge in [0.05, 0.1) is 41.7 Å². The van der Waals surface area contributed by atoms with Crippen molar-refractivity contribution < 1.29 is 13.9 Å². The summed E-state index contributed by atoms with van der Waals surface area (Å²) >= 11 is 18.2. The fraction of sp³-hybridized carbons (Fsp3) is 0.154. The van der Waals surface area contributed by atoms with Crippen molar-refractivity contribution in [2.24, 2.45) is 0 Å². The summed E-state index contributed by atoms with van der Waals surface area (Å²) in [7, 11) is 3.24. The van der Waals surface area contributed by atoms with Gasteiger partial charge in [-0.15, -0.1) is 0 Å². The molecule has 35 heavy (non-hydrogen) atoms. The van der Waals surface area contributed by atoms with Crippen LogP contribution in [0.15, 0.2) is 77.3 Å². The number of furan rings is 1. The van der Waals surface area contributed by atoms with Crippen molar-refractivity contribution in [2.45, 2.75) is 12.1 Å². The van der Waals surface area contributed by atoms with Crippen LogP contribution in [0.2, 0.25) is 10.0 Å². The Hall–Kier alpha value is -3.26. The highest BCUT2D eigenvalue weighted by Gasteiger charge is 2.43. The lowest BCUT2D eigenvalue weighted by Gasteiger charge is -2.27. The number of nitrogens with one attached hydrogen (secondary N) is 1. The Morgan fingerprint density at radius 1 is 0.971 bits per heavy atom. The molecular formula is C26H21Cl2N3O3S. The highest BCUT2D eigenvalue weighted by atomic mass is 35.5. The van der Waals surface area contributed by atoms with Gasteiger partial charge in [0.1, 0.15) is 29.1 Å². The molecule has 1 saturated heterocycles. The van der Waals surface area contributed by atoms with Crippen LogP contribution in [0.4, 0.5) is 5.69 Å². The molecule has 0 bridgehead atoms. The second kappa shape index (κ2) is 9.77. The van der Waals surface area contributed by atoms with Crippen molar-refractivity contribution in [3.8, 4) is 22.8 Å². The van der Waals surface area contributed by atoms with Gasteiger partial charge < -0.3 is 24.1 Å². The van der Waals surface area contributed by atoms with Crippen LogP contribution in [-0.4, -0.2) is 24.3 Å². The predicted octanol–water partition coefficient (Wildman–Crippen LogP) is 6.84. The van der Waals surface area contributed by atoms with Gasteiger partial charge in [-0.1, -0.05) is 29.3 Å². The molecule has 0 aliphatic carbocycles. The second-order valence-electron chi connectivity index (χ2n) is 7.87. The molecule has 0 saturated carbocycles. The first-order chi connectivity index (χ1) is 17.0. The largest absolute Gasteiger partial charge is 0.497 e. The fourth-order valence-electron chi connectivity index (χ4n) is 4.20. The molecule has 0 spiro atoms. The molecule has 1 aliphatic heterocycles. The van der Waals surface area contributed by atoms with Crippen LogP contribution in [0.3, 0.4) is 0 Å². The number of ether oxygens (including phenoxy) is 2. The van der Waals surface area contributed by atoms with Gasteiger partial charge in [0.25, 0.3) is 0 Å². The van der Waals surface area contributed by atoms with Crippen LogP contribution < -0.4 is 19.7 Å². The van der Waals surface area contributed by atoms with E-state index >= 15 is 0 Å². The standard InChI is InChI=1S/C26H21Cl2N3O3S/c1-32-16-7-9-22(33-2)20(14-16)31-25(24(30-26(31)35)19-5-3-4-12-29-19)23-11-10-21(34-23)15-6-8-17(27)18(28)13-15/h3-14,24-25H,1-2H3,(H,30,35)/t24-,25-/m0/s1. The third-order valence-electron chi connectivity index (χ3n) is 5.87. The van der Waals surface area contributed by atoms with E-state index in [4.69, 9.17) is 49.3 Å². The Balaban J connectivity index is 1.64. The minimum Gasteiger partial charge on any atom is -0.497 e. The molecule has 0 radical (unpaired) electrons. The lowest BCUT2D eigenvalue weighted by Crippen LogP contribution is -2.29. The van der Waals surface area contributed by atoms with E-state index in [2.05, 4.69) is 10.3 Å². The van der Waals surface area contributed by atoms with Crippen molar-refractivity contribution in [3.63, 3.8) is 0 Å². The number of aromatic nitrogens is 1. The molecule has 2 atom stereocenters. The molecule has 4 aromatic rings. The number of halogens is 2. The molecule has 1 N–H and O–H groups in total. The van der Waals surface area contributed by atoms with E-state index in [0.29, 0.717) is 38.2 Å². The Kier molecular flexibility index (Phi) is 6.56. The topological polar surface area (TPSA) is 59.8 Å². The van der Waals surface area contributed by atoms with E-state index in [9.17, 15) is 0 Å². The van der Waals surface area contributed by atoms with Crippen LogP contribution in [0, 0.1) is 0 Å². The van der Waals surface area contributed by atoms with Gasteiger partial charge in [-0.05, 0) is 66.8 Å². The number of hydrogen-bond donors (Lipinski definition) is 1. The summed E-state index contributed by atoms with van der Waals surface area (Å²) in [6.45, 7) is 0. The number of benzene rings is 2. The number of rotatable bonds is 6. The van der Waals surface area contributed by atoms with Gasteiger partial charge in [0, 0.05) is 17.8 Å². The van der Waals surface area contributed by atoms with Crippen molar-refractivity contribution >= 4 is 46.2 Å². The maximum Gasteiger partial charge on any atom is 0.174 e. The third kappa shape index (κ3) is 4.43. The third-order valence-corrected chi connectivity index (χ3v) is 6.92. The first kappa shape index (κ1) is 23.5. The maximum absolute atomic E-state index is 6.39. The summed E-state index contributed by atoms with van der Waals surface area (Å²) in [4.78, 5) is 6.56. The zero-order valence-corrected chi connectivity index (χ0v) is 21.2. The molecule has 1 fully saturated rings. The summed E-state index contributed by atoms with van der Waals surface area (Å²) in [6.07, 6.45) is 1.76.